The van der Waals surface area contributed by atoms with E-state index in [9.17, 15) is 0 Å². The number of hydrogen-bond acceptors (Lipinski definition) is 2. The van der Waals surface area contributed by atoms with Gasteiger partial charge in [0.25, 0.3) is 0 Å². The summed E-state index contributed by atoms with van der Waals surface area (Å²) in [6.45, 7) is 0. The maximum atomic E-state index is 5.32. The molecule has 0 aliphatic rings. The third-order valence-corrected chi connectivity index (χ3v) is 11.5. The van der Waals surface area contributed by atoms with E-state index in [1.807, 2.05) is 18.2 Å². The summed E-state index contributed by atoms with van der Waals surface area (Å²) in [4.78, 5) is 10.6. The summed E-state index contributed by atoms with van der Waals surface area (Å²) in [6, 6.07) is 78.2. The van der Waals surface area contributed by atoms with E-state index in [1.54, 1.807) is 0 Å². The Labute approximate surface area is 337 Å². The Bertz CT molecular complexity index is 3320. The number of rotatable bonds is 6. The number of fused-ring (bicyclic) bond motifs is 5. The van der Waals surface area contributed by atoms with Crippen LogP contribution in [0.4, 0.5) is 0 Å². The number of benzene rings is 10. The highest BCUT2D eigenvalue weighted by Gasteiger charge is 2.22. The first-order valence-electron chi connectivity index (χ1n) is 19.8. The minimum absolute atomic E-state index is 0.699. The van der Waals surface area contributed by atoms with Gasteiger partial charge >= 0.3 is 0 Å². The molecule has 0 unspecified atom stereocenters. The van der Waals surface area contributed by atoms with Crippen LogP contribution in [0.5, 0.6) is 0 Å². The van der Waals surface area contributed by atoms with Crippen molar-refractivity contribution in [1.82, 2.24) is 9.97 Å². The van der Waals surface area contributed by atoms with Gasteiger partial charge in [-0.1, -0.05) is 212 Å². The Kier molecular flexibility index (Phi) is 8.19. The van der Waals surface area contributed by atoms with Gasteiger partial charge in [-0.2, -0.15) is 0 Å². The van der Waals surface area contributed by atoms with Crippen molar-refractivity contribution in [2.45, 2.75) is 0 Å². The maximum Gasteiger partial charge on any atom is 0.160 e. The SMILES string of the molecule is c1ccc(-c2nc(-c3ccccc3-c3ccccc3)cc(-c3ccc(-c4c5ccccc5c(-c5ccccc5)c5c4ccc4ccccc45)c4ccccc34)n2)cc1. The Morgan fingerprint density at radius 3 is 1.43 bits per heavy atom. The largest absolute Gasteiger partial charge is 0.228 e. The molecule has 1 heterocycles. The average molecular weight is 737 g/mol. The van der Waals surface area contributed by atoms with Gasteiger partial charge in [0.1, 0.15) is 0 Å². The second kappa shape index (κ2) is 14.1. The first-order chi connectivity index (χ1) is 28.8. The standard InChI is InChI=1S/C56H36N2/c1-4-18-37(19-5-1)41-25-12-15-29-45(41)51-36-52(58-56(57-51)40-23-8-3-9-24-40)46-34-35-49(44-28-14-13-27-43(44)46)54-48-31-17-16-30-47(48)53(39-21-6-2-7-22-39)55-42-26-11-10-20-38(42)32-33-50(54)55/h1-36H. The molecule has 11 aromatic rings. The second-order valence-electron chi connectivity index (χ2n) is 14.8. The Balaban J connectivity index is 1.19. The van der Waals surface area contributed by atoms with Gasteiger partial charge in [0, 0.05) is 16.7 Å². The minimum atomic E-state index is 0.699. The zero-order valence-corrected chi connectivity index (χ0v) is 31.7. The van der Waals surface area contributed by atoms with Gasteiger partial charge in [-0.05, 0) is 82.5 Å². The third-order valence-electron chi connectivity index (χ3n) is 11.5. The van der Waals surface area contributed by atoms with Crippen LogP contribution < -0.4 is 0 Å². The Morgan fingerprint density at radius 1 is 0.259 bits per heavy atom. The van der Waals surface area contributed by atoms with Crippen LogP contribution in [-0.4, -0.2) is 9.97 Å². The van der Waals surface area contributed by atoms with E-state index in [-0.39, 0.29) is 0 Å². The molecular weight excluding hydrogens is 701 g/mol. The first kappa shape index (κ1) is 33.6. The zero-order chi connectivity index (χ0) is 38.4. The molecule has 0 N–H and O–H groups in total. The van der Waals surface area contributed by atoms with Gasteiger partial charge in [-0.15, -0.1) is 0 Å². The quantitative estimate of drug-likeness (QED) is 0.125. The summed E-state index contributed by atoms with van der Waals surface area (Å²) in [5.74, 6) is 0.699. The molecule has 0 aliphatic heterocycles. The van der Waals surface area contributed by atoms with Crippen LogP contribution in [0.15, 0.2) is 218 Å². The summed E-state index contributed by atoms with van der Waals surface area (Å²) in [5, 5.41) is 9.80. The van der Waals surface area contributed by atoms with Gasteiger partial charge < -0.3 is 0 Å². The van der Waals surface area contributed by atoms with Gasteiger partial charge in [0.05, 0.1) is 11.4 Å². The van der Waals surface area contributed by atoms with Gasteiger partial charge in [0.15, 0.2) is 5.82 Å². The molecule has 10 aromatic carbocycles. The van der Waals surface area contributed by atoms with E-state index < -0.39 is 0 Å². The van der Waals surface area contributed by atoms with Crippen molar-refractivity contribution in [3.63, 3.8) is 0 Å². The molecule has 0 amide bonds. The summed E-state index contributed by atoms with van der Waals surface area (Å²) in [6.07, 6.45) is 0. The number of nitrogens with zero attached hydrogens (tertiary/aromatic N) is 2. The monoisotopic (exact) mass is 736 g/mol. The number of hydrogen-bond donors (Lipinski definition) is 0. The predicted octanol–water partition coefficient (Wildman–Crippen LogP) is 15.1. The lowest BCUT2D eigenvalue weighted by Gasteiger charge is -2.21. The van der Waals surface area contributed by atoms with Crippen LogP contribution in [0.1, 0.15) is 0 Å². The van der Waals surface area contributed by atoms with Crippen molar-refractivity contribution in [1.29, 1.82) is 0 Å². The lowest BCUT2D eigenvalue weighted by Crippen LogP contribution is -1.98. The molecule has 0 atom stereocenters. The number of aromatic nitrogens is 2. The highest BCUT2D eigenvalue weighted by molar-refractivity contribution is 6.29. The van der Waals surface area contributed by atoms with Gasteiger partial charge in [-0.25, -0.2) is 9.97 Å². The van der Waals surface area contributed by atoms with Gasteiger partial charge in [-0.3, -0.25) is 0 Å². The molecule has 0 saturated carbocycles. The Hall–Kier alpha value is -7.68. The minimum Gasteiger partial charge on any atom is -0.228 e. The van der Waals surface area contributed by atoms with E-state index >= 15 is 0 Å². The van der Waals surface area contributed by atoms with Crippen LogP contribution in [0.2, 0.25) is 0 Å². The summed E-state index contributed by atoms with van der Waals surface area (Å²) >= 11 is 0. The van der Waals surface area contributed by atoms with Crippen LogP contribution >= 0.6 is 0 Å². The molecule has 2 heteroatoms. The fraction of sp³-hybridized carbons (Fsp3) is 0. The van der Waals surface area contributed by atoms with Crippen molar-refractivity contribution >= 4 is 43.1 Å². The van der Waals surface area contributed by atoms with E-state index in [1.165, 1.54) is 60.0 Å². The van der Waals surface area contributed by atoms with E-state index in [0.29, 0.717) is 5.82 Å². The summed E-state index contributed by atoms with van der Waals surface area (Å²) in [5.41, 5.74) is 12.1. The molecular formula is C56H36N2. The smallest absolute Gasteiger partial charge is 0.160 e. The van der Waals surface area contributed by atoms with Gasteiger partial charge in [0.2, 0.25) is 0 Å². The van der Waals surface area contributed by atoms with Crippen molar-refractivity contribution in [3.8, 4) is 67.3 Å². The summed E-state index contributed by atoms with van der Waals surface area (Å²) < 4.78 is 0. The molecule has 0 aliphatic carbocycles. The fourth-order valence-electron chi connectivity index (χ4n) is 8.90. The second-order valence-corrected chi connectivity index (χ2v) is 14.8. The molecule has 0 radical (unpaired) electrons. The fourth-order valence-corrected chi connectivity index (χ4v) is 8.90. The van der Waals surface area contributed by atoms with Crippen LogP contribution in [-0.2, 0) is 0 Å². The third kappa shape index (κ3) is 5.66. The molecule has 0 saturated heterocycles. The topological polar surface area (TPSA) is 25.8 Å². The Morgan fingerprint density at radius 2 is 0.741 bits per heavy atom. The highest BCUT2D eigenvalue weighted by Crippen LogP contribution is 2.48. The summed E-state index contributed by atoms with van der Waals surface area (Å²) in [7, 11) is 0. The van der Waals surface area contributed by atoms with Crippen LogP contribution in [0.25, 0.3) is 110 Å². The zero-order valence-electron chi connectivity index (χ0n) is 31.7. The molecule has 0 spiro atoms. The molecule has 11 rings (SSSR count). The van der Waals surface area contributed by atoms with Crippen LogP contribution in [0.3, 0.4) is 0 Å². The molecule has 0 fully saturated rings. The molecule has 270 valence electrons. The molecule has 1 aromatic heterocycles. The average Bonchev–Trinajstić information content (AvgIpc) is 3.31. The van der Waals surface area contributed by atoms with Crippen molar-refractivity contribution < 1.29 is 0 Å². The normalized spacial score (nSPS) is 11.4. The van der Waals surface area contributed by atoms with Crippen molar-refractivity contribution in [2.24, 2.45) is 0 Å². The van der Waals surface area contributed by atoms with Crippen LogP contribution in [0, 0.1) is 0 Å². The lowest BCUT2D eigenvalue weighted by molar-refractivity contribution is 1.19. The molecule has 0 bridgehead atoms. The molecule has 2 nitrogen and oxygen atoms in total. The highest BCUT2D eigenvalue weighted by atomic mass is 14.9. The van der Waals surface area contributed by atoms with E-state index in [0.717, 1.165) is 44.6 Å². The van der Waals surface area contributed by atoms with E-state index in [2.05, 4.69) is 200 Å². The molecule has 58 heavy (non-hydrogen) atoms. The van der Waals surface area contributed by atoms with E-state index in [4.69, 9.17) is 9.97 Å². The lowest BCUT2D eigenvalue weighted by atomic mass is 9.82. The predicted molar refractivity (Wildman–Crippen MR) is 245 cm³/mol. The van der Waals surface area contributed by atoms with Crippen molar-refractivity contribution in [2.75, 3.05) is 0 Å². The van der Waals surface area contributed by atoms with Crippen molar-refractivity contribution in [3.05, 3.63) is 218 Å². The first-order valence-corrected chi connectivity index (χ1v) is 19.8. The maximum absolute atomic E-state index is 5.32.